The molecule has 0 N–H and O–H groups in total. The van der Waals surface area contributed by atoms with Crippen LogP contribution in [0.4, 0.5) is 5.69 Å². The van der Waals surface area contributed by atoms with E-state index in [1.807, 2.05) is 74.5 Å². The Kier molecular flexibility index (Phi) is 7.83. The summed E-state index contributed by atoms with van der Waals surface area (Å²) in [5.74, 6) is 0.607. The van der Waals surface area contributed by atoms with Crippen molar-refractivity contribution < 1.29 is 23.8 Å². The molecule has 37 heavy (non-hydrogen) atoms. The number of methoxy groups -OCH3 is 2. The Bertz CT molecular complexity index is 1380. The molecule has 1 aliphatic heterocycles. The monoisotopic (exact) mass is 561 g/mol. The molecule has 0 unspecified atom stereocenters. The van der Waals surface area contributed by atoms with Crippen molar-refractivity contribution in [3.05, 3.63) is 99.5 Å². The van der Waals surface area contributed by atoms with E-state index in [1.54, 1.807) is 30.2 Å². The molecule has 190 valence electrons. The molecule has 4 rings (SSSR count). The van der Waals surface area contributed by atoms with E-state index >= 15 is 0 Å². The maximum atomic E-state index is 13.8. The average Bonchev–Trinajstić information content (AvgIpc) is 2.89. The average molecular weight is 562 g/mol. The molecule has 1 heterocycles. The van der Waals surface area contributed by atoms with Gasteiger partial charge in [0.05, 0.1) is 20.8 Å². The normalized spacial score (nSPS) is 13.5. The van der Waals surface area contributed by atoms with E-state index in [0.717, 1.165) is 21.2 Å². The number of hydrogen-bond donors (Lipinski definition) is 0. The first kappa shape index (κ1) is 26.2. The molecule has 0 bridgehead atoms. The minimum atomic E-state index is -0.480. The van der Waals surface area contributed by atoms with Crippen molar-refractivity contribution in [2.24, 2.45) is 0 Å². The first-order valence-corrected chi connectivity index (χ1v) is 12.5. The van der Waals surface area contributed by atoms with Crippen molar-refractivity contribution in [3.8, 4) is 11.5 Å². The summed E-state index contributed by atoms with van der Waals surface area (Å²) >= 11 is 3.43. The first-order valence-electron chi connectivity index (χ1n) is 11.7. The van der Waals surface area contributed by atoms with E-state index < -0.39 is 11.6 Å². The van der Waals surface area contributed by atoms with Gasteiger partial charge in [-0.3, -0.25) is 4.79 Å². The third-order valence-corrected chi connectivity index (χ3v) is 6.45. The quantitative estimate of drug-likeness (QED) is 0.238. The van der Waals surface area contributed by atoms with Gasteiger partial charge >= 0.3 is 5.97 Å². The Labute approximate surface area is 225 Å². The first-order chi connectivity index (χ1) is 17.7. The van der Waals surface area contributed by atoms with Gasteiger partial charge in [0.15, 0.2) is 11.5 Å². The molecule has 0 aliphatic carbocycles. The van der Waals surface area contributed by atoms with E-state index in [-0.39, 0.29) is 12.5 Å². The summed E-state index contributed by atoms with van der Waals surface area (Å²) in [7, 11) is 2.93. The zero-order valence-electron chi connectivity index (χ0n) is 21.2. The smallest absolute Gasteiger partial charge is 0.330 e. The molecule has 7 heteroatoms. The molecule has 1 amide bonds. The van der Waals surface area contributed by atoms with Crippen LogP contribution in [0.5, 0.6) is 11.5 Å². The number of hydrogen-bond acceptors (Lipinski definition) is 5. The van der Waals surface area contributed by atoms with Crippen LogP contribution in [0.25, 0.3) is 12.2 Å². The number of nitrogens with zero attached hydrogens (tertiary/aromatic N) is 1. The molecule has 1 aliphatic rings. The molecule has 3 aromatic carbocycles. The van der Waals surface area contributed by atoms with Crippen LogP contribution in [0, 0.1) is 0 Å². The van der Waals surface area contributed by atoms with Gasteiger partial charge in [0.25, 0.3) is 5.91 Å². The second-order valence-corrected chi connectivity index (χ2v) is 9.98. The zero-order valence-corrected chi connectivity index (χ0v) is 22.7. The van der Waals surface area contributed by atoms with Gasteiger partial charge in [-0.1, -0.05) is 46.3 Å². The zero-order chi connectivity index (χ0) is 26.6. The topological polar surface area (TPSA) is 65.1 Å². The van der Waals surface area contributed by atoms with Gasteiger partial charge in [0.2, 0.25) is 0 Å². The Morgan fingerprint density at radius 1 is 1.05 bits per heavy atom. The standard InChI is InChI=1S/C30H28BrNO5/c1-30(2)17-16-21-9-10-23(27(36-4)28(21)37-30)19-32(29(34)22-11-13-24(31)14-12-22)25-7-5-6-20(18-25)8-15-26(33)35-3/h5-18H,19H2,1-4H3/b15-8+. The maximum absolute atomic E-state index is 13.8. The summed E-state index contributed by atoms with van der Waals surface area (Å²) in [6.45, 7) is 4.20. The minimum absolute atomic E-state index is 0.178. The number of halogens is 1. The van der Waals surface area contributed by atoms with Crippen LogP contribution in [-0.4, -0.2) is 31.7 Å². The van der Waals surface area contributed by atoms with Gasteiger partial charge in [-0.25, -0.2) is 4.79 Å². The number of ether oxygens (including phenoxy) is 3. The summed E-state index contributed by atoms with van der Waals surface area (Å²) in [5, 5.41) is 0. The Hall–Kier alpha value is -3.84. The molecule has 0 aromatic heterocycles. The van der Waals surface area contributed by atoms with Crippen LogP contribution in [0.15, 0.2) is 77.3 Å². The lowest BCUT2D eigenvalue weighted by molar-refractivity contribution is -0.134. The van der Waals surface area contributed by atoms with Crippen molar-refractivity contribution in [1.29, 1.82) is 0 Å². The fourth-order valence-corrected chi connectivity index (χ4v) is 4.28. The molecule has 0 fully saturated rings. The van der Waals surface area contributed by atoms with Crippen LogP contribution < -0.4 is 14.4 Å². The Morgan fingerprint density at radius 2 is 1.81 bits per heavy atom. The Morgan fingerprint density at radius 3 is 2.51 bits per heavy atom. The van der Waals surface area contributed by atoms with Crippen molar-refractivity contribution in [2.75, 3.05) is 19.1 Å². The van der Waals surface area contributed by atoms with Crippen LogP contribution in [-0.2, 0) is 16.1 Å². The highest BCUT2D eigenvalue weighted by molar-refractivity contribution is 9.10. The number of amides is 1. The summed E-state index contributed by atoms with van der Waals surface area (Å²) in [6.07, 6.45) is 7.02. The van der Waals surface area contributed by atoms with Crippen molar-refractivity contribution in [2.45, 2.75) is 26.0 Å². The molecule has 0 radical (unpaired) electrons. The number of carbonyl (C=O) groups excluding carboxylic acids is 2. The molecule has 0 spiro atoms. The lowest BCUT2D eigenvalue weighted by Crippen LogP contribution is -2.31. The number of benzene rings is 3. The van der Waals surface area contributed by atoms with Crippen LogP contribution in [0.2, 0.25) is 0 Å². The summed E-state index contributed by atoms with van der Waals surface area (Å²) in [4.78, 5) is 27.1. The molecular formula is C30H28BrNO5. The number of carbonyl (C=O) groups is 2. The maximum Gasteiger partial charge on any atom is 0.330 e. The molecular weight excluding hydrogens is 534 g/mol. The molecule has 0 saturated carbocycles. The predicted molar refractivity (Wildman–Crippen MR) is 149 cm³/mol. The van der Waals surface area contributed by atoms with Gasteiger partial charge in [0.1, 0.15) is 5.60 Å². The van der Waals surface area contributed by atoms with Crippen molar-refractivity contribution >= 4 is 45.6 Å². The summed E-state index contributed by atoms with van der Waals surface area (Å²) < 4.78 is 17.6. The Balaban J connectivity index is 1.77. The number of esters is 1. The van der Waals surface area contributed by atoms with Crippen LogP contribution in [0.1, 0.15) is 40.9 Å². The number of rotatable bonds is 7. The largest absolute Gasteiger partial charge is 0.492 e. The molecule has 3 aromatic rings. The number of fused-ring (bicyclic) bond motifs is 1. The van der Waals surface area contributed by atoms with Crippen LogP contribution in [0.3, 0.4) is 0 Å². The van der Waals surface area contributed by atoms with Gasteiger partial charge in [-0.2, -0.15) is 0 Å². The molecule has 0 saturated heterocycles. The second kappa shape index (κ2) is 11.0. The van der Waals surface area contributed by atoms with Crippen LogP contribution >= 0.6 is 15.9 Å². The fourth-order valence-electron chi connectivity index (χ4n) is 4.02. The highest BCUT2D eigenvalue weighted by Gasteiger charge is 2.28. The third kappa shape index (κ3) is 6.12. The molecule has 0 atom stereocenters. The predicted octanol–water partition coefficient (Wildman–Crippen LogP) is 6.68. The number of anilines is 1. The summed E-state index contributed by atoms with van der Waals surface area (Å²) in [6, 6.07) is 18.6. The fraction of sp³-hybridized carbons (Fsp3) is 0.200. The van der Waals surface area contributed by atoms with E-state index in [1.165, 1.54) is 13.2 Å². The highest BCUT2D eigenvalue weighted by atomic mass is 79.9. The SMILES string of the molecule is COC(=O)/C=C/c1cccc(N(Cc2ccc3c(c2OC)OC(C)(C)C=C3)C(=O)c2ccc(Br)cc2)c1. The van der Waals surface area contributed by atoms with E-state index in [4.69, 9.17) is 14.2 Å². The molecule has 6 nitrogen and oxygen atoms in total. The minimum Gasteiger partial charge on any atom is -0.492 e. The van der Waals surface area contributed by atoms with Gasteiger partial charge < -0.3 is 19.1 Å². The lowest BCUT2D eigenvalue weighted by Gasteiger charge is -2.31. The van der Waals surface area contributed by atoms with Crippen molar-refractivity contribution in [1.82, 2.24) is 0 Å². The summed E-state index contributed by atoms with van der Waals surface area (Å²) in [5.41, 5.74) is 3.20. The van der Waals surface area contributed by atoms with Gasteiger partial charge in [0, 0.05) is 32.9 Å². The van der Waals surface area contributed by atoms with Gasteiger partial charge in [-0.05, 0) is 68.0 Å². The van der Waals surface area contributed by atoms with E-state index in [9.17, 15) is 9.59 Å². The van der Waals surface area contributed by atoms with E-state index in [0.29, 0.717) is 22.7 Å². The van der Waals surface area contributed by atoms with E-state index in [2.05, 4.69) is 15.9 Å². The third-order valence-electron chi connectivity index (χ3n) is 5.92. The second-order valence-electron chi connectivity index (χ2n) is 9.06. The van der Waals surface area contributed by atoms with Gasteiger partial charge in [-0.15, -0.1) is 0 Å². The highest BCUT2D eigenvalue weighted by Crippen LogP contribution is 2.42. The lowest BCUT2D eigenvalue weighted by atomic mass is 9.99. The van der Waals surface area contributed by atoms with Crippen molar-refractivity contribution in [3.63, 3.8) is 0 Å².